The molecule has 0 aromatic carbocycles. The van der Waals surface area contributed by atoms with Crippen LogP contribution in [0.25, 0.3) is 0 Å². The lowest BCUT2D eigenvalue weighted by Crippen LogP contribution is -2.49. The Balaban J connectivity index is 1.77. The van der Waals surface area contributed by atoms with E-state index in [1.54, 1.807) is 6.20 Å². The van der Waals surface area contributed by atoms with E-state index >= 15 is 0 Å². The number of aromatic nitrogens is 1. The van der Waals surface area contributed by atoms with Crippen molar-refractivity contribution >= 4 is 5.69 Å². The average Bonchev–Trinajstić information content (AvgIpc) is 2.78. The number of anilines is 1. The number of hydrogen-bond acceptors (Lipinski definition) is 4. The third-order valence-corrected chi connectivity index (χ3v) is 3.24. The Morgan fingerprint density at radius 3 is 2.94 bits per heavy atom. The van der Waals surface area contributed by atoms with Crippen molar-refractivity contribution in [3.05, 3.63) is 24.5 Å². The predicted molar refractivity (Wildman–Crippen MR) is 60.3 cm³/mol. The van der Waals surface area contributed by atoms with E-state index < -0.39 is 0 Å². The van der Waals surface area contributed by atoms with E-state index in [1.807, 2.05) is 12.3 Å². The highest BCUT2D eigenvalue weighted by molar-refractivity contribution is 5.44. The van der Waals surface area contributed by atoms with E-state index in [9.17, 15) is 0 Å². The minimum absolute atomic E-state index is 0.353. The topological polar surface area (TPSA) is 34.6 Å². The summed E-state index contributed by atoms with van der Waals surface area (Å²) in [5.74, 6) is -0.353. The number of ether oxygens (including phenoxy) is 2. The van der Waals surface area contributed by atoms with Crippen molar-refractivity contribution in [2.75, 3.05) is 31.2 Å². The molecule has 1 spiro atoms. The fourth-order valence-electron chi connectivity index (χ4n) is 2.48. The van der Waals surface area contributed by atoms with Gasteiger partial charge in [-0.3, -0.25) is 4.98 Å². The van der Waals surface area contributed by atoms with E-state index in [2.05, 4.69) is 16.0 Å². The van der Waals surface area contributed by atoms with E-state index in [1.165, 1.54) is 0 Å². The van der Waals surface area contributed by atoms with Crippen LogP contribution in [0.4, 0.5) is 5.69 Å². The lowest BCUT2D eigenvalue weighted by molar-refractivity contribution is -0.161. The van der Waals surface area contributed by atoms with Crippen LogP contribution in [0.2, 0.25) is 0 Å². The van der Waals surface area contributed by atoms with Crippen molar-refractivity contribution in [3.8, 4) is 0 Å². The molecule has 2 aliphatic heterocycles. The van der Waals surface area contributed by atoms with Gasteiger partial charge in [0.05, 0.1) is 31.6 Å². The molecule has 0 atom stereocenters. The zero-order valence-corrected chi connectivity index (χ0v) is 9.26. The summed E-state index contributed by atoms with van der Waals surface area (Å²) in [5, 5.41) is 0. The van der Waals surface area contributed by atoms with Crippen LogP contribution in [0.1, 0.15) is 12.8 Å². The first-order chi connectivity index (χ1) is 7.88. The molecule has 86 valence electrons. The summed E-state index contributed by atoms with van der Waals surface area (Å²) in [5.41, 5.74) is 1.15. The van der Waals surface area contributed by atoms with Crippen molar-refractivity contribution < 1.29 is 9.47 Å². The SMILES string of the molecule is c1cncc(N2CCCC3(C2)OCCO3)c1. The molecule has 0 amide bonds. The van der Waals surface area contributed by atoms with E-state index in [4.69, 9.17) is 9.47 Å². The third kappa shape index (κ3) is 1.79. The molecule has 16 heavy (non-hydrogen) atoms. The second-order valence-electron chi connectivity index (χ2n) is 4.34. The Morgan fingerprint density at radius 1 is 1.31 bits per heavy atom. The summed E-state index contributed by atoms with van der Waals surface area (Å²) < 4.78 is 11.5. The van der Waals surface area contributed by atoms with E-state index in [-0.39, 0.29) is 5.79 Å². The first kappa shape index (κ1) is 10.1. The summed E-state index contributed by atoms with van der Waals surface area (Å²) in [6.07, 6.45) is 5.80. The number of hydrogen-bond donors (Lipinski definition) is 0. The molecule has 2 aliphatic rings. The van der Waals surface area contributed by atoms with Crippen LogP contribution in [0.3, 0.4) is 0 Å². The zero-order valence-electron chi connectivity index (χ0n) is 9.26. The van der Waals surface area contributed by atoms with Crippen molar-refractivity contribution in [2.24, 2.45) is 0 Å². The van der Waals surface area contributed by atoms with Gasteiger partial charge in [0.25, 0.3) is 0 Å². The Morgan fingerprint density at radius 2 is 2.19 bits per heavy atom. The van der Waals surface area contributed by atoms with Crippen LogP contribution in [0.5, 0.6) is 0 Å². The minimum atomic E-state index is -0.353. The summed E-state index contributed by atoms with van der Waals surface area (Å²) >= 11 is 0. The van der Waals surface area contributed by atoms with Crippen LogP contribution in [0.15, 0.2) is 24.5 Å². The standard InChI is InChI=1S/C12H16N2O2/c1-3-11(9-13-5-1)14-6-2-4-12(10-14)15-7-8-16-12/h1,3,5,9H,2,4,6-8,10H2. The van der Waals surface area contributed by atoms with Crippen LogP contribution >= 0.6 is 0 Å². The molecule has 4 heteroatoms. The van der Waals surface area contributed by atoms with Gasteiger partial charge in [0, 0.05) is 19.2 Å². The number of nitrogens with zero attached hydrogens (tertiary/aromatic N) is 2. The summed E-state index contributed by atoms with van der Waals surface area (Å²) in [6, 6.07) is 4.05. The fraction of sp³-hybridized carbons (Fsp3) is 0.583. The maximum absolute atomic E-state index is 5.75. The average molecular weight is 220 g/mol. The highest BCUT2D eigenvalue weighted by atomic mass is 16.7. The van der Waals surface area contributed by atoms with Crippen LogP contribution in [0, 0.1) is 0 Å². The van der Waals surface area contributed by atoms with Gasteiger partial charge in [-0.05, 0) is 18.6 Å². The molecular formula is C12H16N2O2. The molecule has 2 saturated heterocycles. The largest absolute Gasteiger partial charge is 0.365 e. The van der Waals surface area contributed by atoms with Crippen molar-refractivity contribution in [2.45, 2.75) is 18.6 Å². The first-order valence-corrected chi connectivity index (χ1v) is 5.81. The number of piperidine rings is 1. The highest BCUT2D eigenvalue weighted by Gasteiger charge is 2.40. The minimum Gasteiger partial charge on any atom is -0.365 e. The summed E-state index contributed by atoms with van der Waals surface area (Å²) in [6.45, 7) is 3.32. The van der Waals surface area contributed by atoms with Gasteiger partial charge in [-0.1, -0.05) is 0 Å². The van der Waals surface area contributed by atoms with Gasteiger partial charge in [0.1, 0.15) is 0 Å². The van der Waals surface area contributed by atoms with Gasteiger partial charge in [-0.25, -0.2) is 0 Å². The van der Waals surface area contributed by atoms with Gasteiger partial charge in [0.15, 0.2) is 5.79 Å². The van der Waals surface area contributed by atoms with Gasteiger partial charge in [-0.2, -0.15) is 0 Å². The molecule has 1 aromatic heterocycles. The Labute approximate surface area is 95.2 Å². The van der Waals surface area contributed by atoms with Crippen LogP contribution in [-0.2, 0) is 9.47 Å². The third-order valence-electron chi connectivity index (χ3n) is 3.24. The Bertz CT molecular complexity index is 349. The lowest BCUT2D eigenvalue weighted by Gasteiger charge is -2.39. The Hall–Kier alpha value is -1.13. The van der Waals surface area contributed by atoms with Crippen molar-refractivity contribution in [1.82, 2.24) is 4.98 Å². The van der Waals surface area contributed by atoms with E-state index in [0.717, 1.165) is 44.8 Å². The zero-order chi connectivity index (χ0) is 10.8. The molecule has 0 aliphatic carbocycles. The lowest BCUT2D eigenvalue weighted by atomic mass is 10.0. The van der Waals surface area contributed by atoms with Crippen LogP contribution in [-0.4, -0.2) is 37.1 Å². The number of rotatable bonds is 1. The molecular weight excluding hydrogens is 204 g/mol. The monoisotopic (exact) mass is 220 g/mol. The van der Waals surface area contributed by atoms with Gasteiger partial charge in [0.2, 0.25) is 0 Å². The molecule has 4 nitrogen and oxygen atoms in total. The number of pyridine rings is 1. The summed E-state index contributed by atoms with van der Waals surface area (Å²) in [4.78, 5) is 6.45. The molecule has 0 bridgehead atoms. The molecule has 3 heterocycles. The Kier molecular flexibility index (Phi) is 2.53. The van der Waals surface area contributed by atoms with Gasteiger partial charge < -0.3 is 14.4 Å². The normalized spacial score (nSPS) is 23.9. The molecule has 2 fully saturated rings. The van der Waals surface area contributed by atoms with Crippen LogP contribution < -0.4 is 4.90 Å². The quantitative estimate of drug-likeness (QED) is 0.717. The molecule has 3 rings (SSSR count). The smallest absolute Gasteiger partial charge is 0.186 e. The fourth-order valence-corrected chi connectivity index (χ4v) is 2.48. The second-order valence-corrected chi connectivity index (χ2v) is 4.34. The molecule has 0 saturated carbocycles. The maximum Gasteiger partial charge on any atom is 0.186 e. The van der Waals surface area contributed by atoms with E-state index in [0.29, 0.717) is 0 Å². The van der Waals surface area contributed by atoms with Crippen molar-refractivity contribution in [3.63, 3.8) is 0 Å². The maximum atomic E-state index is 5.75. The van der Waals surface area contributed by atoms with Crippen molar-refractivity contribution in [1.29, 1.82) is 0 Å². The first-order valence-electron chi connectivity index (χ1n) is 5.81. The van der Waals surface area contributed by atoms with Gasteiger partial charge >= 0.3 is 0 Å². The second kappa shape index (κ2) is 4.03. The molecule has 0 N–H and O–H groups in total. The van der Waals surface area contributed by atoms with Gasteiger partial charge in [-0.15, -0.1) is 0 Å². The summed E-state index contributed by atoms with van der Waals surface area (Å²) in [7, 11) is 0. The highest BCUT2D eigenvalue weighted by Crippen LogP contribution is 2.32. The molecule has 0 radical (unpaired) electrons. The predicted octanol–water partition coefficient (Wildman–Crippen LogP) is 1.42. The molecule has 0 unspecified atom stereocenters. The molecule has 1 aromatic rings.